The van der Waals surface area contributed by atoms with Gasteiger partial charge in [-0.15, -0.1) is 11.3 Å². The summed E-state index contributed by atoms with van der Waals surface area (Å²) in [5.74, 6) is -1.25. The lowest BCUT2D eigenvalue weighted by Gasteiger charge is -2.14. The van der Waals surface area contributed by atoms with Crippen LogP contribution in [0.5, 0.6) is 0 Å². The minimum atomic E-state index is -0.775. The Kier molecular flexibility index (Phi) is 3.84. The van der Waals surface area contributed by atoms with Crippen LogP contribution in [0.1, 0.15) is 26.9 Å². The van der Waals surface area contributed by atoms with Crippen LogP contribution in [-0.4, -0.2) is 0 Å². The van der Waals surface area contributed by atoms with E-state index in [2.05, 4.69) is 15.9 Å². The van der Waals surface area contributed by atoms with Crippen molar-refractivity contribution in [2.24, 2.45) is 5.73 Å². The molecule has 1 atom stereocenters. The summed E-state index contributed by atoms with van der Waals surface area (Å²) in [4.78, 5) is 2.07. The molecule has 18 heavy (non-hydrogen) atoms. The monoisotopic (exact) mass is 331 g/mol. The Balaban J connectivity index is 2.52. The first-order chi connectivity index (χ1) is 8.40. The molecular weight excluding hydrogens is 320 g/mol. The van der Waals surface area contributed by atoms with Crippen LogP contribution in [0.15, 0.2) is 22.7 Å². The van der Waals surface area contributed by atoms with E-state index in [1.54, 1.807) is 11.3 Å². The highest BCUT2D eigenvalue weighted by atomic mass is 79.9. The summed E-state index contributed by atoms with van der Waals surface area (Å²) in [6.07, 6.45) is 0. The van der Waals surface area contributed by atoms with Crippen molar-refractivity contribution in [3.05, 3.63) is 55.2 Å². The maximum absolute atomic E-state index is 13.8. The molecule has 0 amide bonds. The summed E-state index contributed by atoms with van der Waals surface area (Å²) < 4.78 is 28.0. The van der Waals surface area contributed by atoms with E-state index >= 15 is 0 Å². The SMILES string of the molecule is Cc1cc(C(N)c2c(F)cc(Br)cc2F)c(C)s1. The number of aryl methyl sites for hydroxylation is 2. The van der Waals surface area contributed by atoms with Crippen molar-refractivity contribution in [3.8, 4) is 0 Å². The lowest BCUT2D eigenvalue weighted by Crippen LogP contribution is -2.16. The molecule has 0 fully saturated rings. The summed E-state index contributed by atoms with van der Waals surface area (Å²) in [6, 6.07) is 3.56. The summed E-state index contributed by atoms with van der Waals surface area (Å²) >= 11 is 4.63. The molecule has 2 aromatic rings. The smallest absolute Gasteiger partial charge is 0.132 e. The predicted molar refractivity (Wildman–Crippen MR) is 73.9 cm³/mol. The van der Waals surface area contributed by atoms with Gasteiger partial charge in [0.05, 0.1) is 6.04 Å². The average Bonchev–Trinajstić information content (AvgIpc) is 2.56. The van der Waals surface area contributed by atoms with Crippen molar-refractivity contribution in [2.45, 2.75) is 19.9 Å². The Morgan fingerprint density at radius 2 is 1.72 bits per heavy atom. The zero-order valence-electron chi connectivity index (χ0n) is 9.93. The van der Waals surface area contributed by atoms with Crippen LogP contribution >= 0.6 is 27.3 Å². The normalized spacial score (nSPS) is 12.8. The van der Waals surface area contributed by atoms with Crippen LogP contribution in [0, 0.1) is 25.5 Å². The van der Waals surface area contributed by atoms with Gasteiger partial charge in [0.1, 0.15) is 11.6 Å². The van der Waals surface area contributed by atoms with E-state index in [1.807, 2.05) is 19.9 Å². The van der Waals surface area contributed by atoms with Crippen molar-refractivity contribution >= 4 is 27.3 Å². The molecule has 1 unspecified atom stereocenters. The van der Waals surface area contributed by atoms with Gasteiger partial charge in [-0.25, -0.2) is 8.78 Å². The van der Waals surface area contributed by atoms with Crippen molar-refractivity contribution in [2.75, 3.05) is 0 Å². The first-order valence-corrected chi connectivity index (χ1v) is 6.98. The molecule has 0 bridgehead atoms. The standard InChI is InChI=1S/C13H12BrF2NS/c1-6-3-9(7(2)18-6)13(17)12-10(15)4-8(14)5-11(12)16/h3-5,13H,17H2,1-2H3. The van der Waals surface area contributed by atoms with Gasteiger partial charge < -0.3 is 5.73 Å². The zero-order chi connectivity index (χ0) is 13.4. The second kappa shape index (κ2) is 5.07. The molecule has 5 heteroatoms. The molecule has 0 aliphatic heterocycles. The van der Waals surface area contributed by atoms with E-state index in [1.165, 1.54) is 12.1 Å². The fraction of sp³-hybridized carbons (Fsp3) is 0.231. The molecule has 0 spiro atoms. The van der Waals surface area contributed by atoms with Crippen molar-refractivity contribution in [1.29, 1.82) is 0 Å². The first-order valence-electron chi connectivity index (χ1n) is 5.37. The van der Waals surface area contributed by atoms with Gasteiger partial charge in [0.2, 0.25) is 0 Å². The Hall–Kier alpha value is -0.780. The molecule has 1 aromatic heterocycles. The number of hydrogen-bond acceptors (Lipinski definition) is 2. The van der Waals surface area contributed by atoms with E-state index in [-0.39, 0.29) is 5.56 Å². The summed E-state index contributed by atoms with van der Waals surface area (Å²) in [5, 5.41) is 0. The van der Waals surface area contributed by atoms with Gasteiger partial charge in [0.15, 0.2) is 0 Å². The zero-order valence-corrected chi connectivity index (χ0v) is 12.3. The van der Waals surface area contributed by atoms with Crippen LogP contribution in [0.2, 0.25) is 0 Å². The second-order valence-electron chi connectivity index (χ2n) is 4.13. The first kappa shape index (κ1) is 13.6. The molecule has 0 saturated carbocycles. The summed E-state index contributed by atoms with van der Waals surface area (Å²) in [6.45, 7) is 3.85. The van der Waals surface area contributed by atoms with Crippen LogP contribution in [0.4, 0.5) is 8.78 Å². The third-order valence-electron chi connectivity index (χ3n) is 2.77. The predicted octanol–water partition coefficient (Wildman–Crippen LogP) is 4.45. The van der Waals surface area contributed by atoms with Gasteiger partial charge in [-0.2, -0.15) is 0 Å². The number of rotatable bonds is 2. The number of hydrogen-bond donors (Lipinski definition) is 1. The average molecular weight is 332 g/mol. The Morgan fingerprint density at radius 1 is 1.17 bits per heavy atom. The van der Waals surface area contributed by atoms with Crippen molar-refractivity contribution < 1.29 is 8.78 Å². The molecule has 2 rings (SSSR count). The maximum Gasteiger partial charge on any atom is 0.132 e. The highest BCUT2D eigenvalue weighted by molar-refractivity contribution is 9.10. The number of thiophene rings is 1. The molecule has 1 heterocycles. The van der Waals surface area contributed by atoms with Gasteiger partial charge in [-0.05, 0) is 37.6 Å². The van der Waals surface area contributed by atoms with Gasteiger partial charge in [-0.3, -0.25) is 0 Å². The van der Waals surface area contributed by atoms with Gasteiger partial charge in [0.25, 0.3) is 0 Å². The lowest BCUT2D eigenvalue weighted by molar-refractivity contribution is 0.542. The quantitative estimate of drug-likeness (QED) is 0.864. The fourth-order valence-corrected chi connectivity index (χ4v) is 3.34. The Morgan fingerprint density at radius 3 is 2.17 bits per heavy atom. The Bertz CT molecular complexity index is 572. The summed E-state index contributed by atoms with van der Waals surface area (Å²) in [7, 11) is 0. The van der Waals surface area contributed by atoms with Gasteiger partial charge in [0, 0.05) is 19.8 Å². The van der Waals surface area contributed by atoms with E-state index in [0.29, 0.717) is 4.47 Å². The molecule has 0 aliphatic rings. The fourth-order valence-electron chi connectivity index (χ4n) is 1.97. The Labute approximate surface area is 117 Å². The number of nitrogens with two attached hydrogens (primary N) is 1. The molecular formula is C13H12BrF2NS. The van der Waals surface area contributed by atoms with E-state index in [0.717, 1.165) is 15.3 Å². The van der Waals surface area contributed by atoms with Crippen molar-refractivity contribution in [1.82, 2.24) is 0 Å². The molecule has 1 aromatic carbocycles. The molecule has 0 saturated heterocycles. The van der Waals surface area contributed by atoms with E-state index in [4.69, 9.17) is 5.73 Å². The van der Waals surface area contributed by atoms with E-state index in [9.17, 15) is 8.78 Å². The van der Waals surface area contributed by atoms with Crippen LogP contribution < -0.4 is 5.73 Å². The number of halogens is 3. The molecule has 0 radical (unpaired) electrons. The second-order valence-corrected chi connectivity index (χ2v) is 6.51. The molecule has 1 nitrogen and oxygen atoms in total. The van der Waals surface area contributed by atoms with Crippen LogP contribution in [0.3, 0.4) is 0 Å². The number of benzene rings is 1. The molecule has 0 aliphatic carbocycles. The topological polar surface area (TPSA) is 26.0 Å². The van der Waals surface area contributed by atoms with E-state index < -0.39 is 17.7 Å². The van der Waals surface area contributed by atoms with Crippen LogP contribution in [-0.2, 0) is 0 Å². The van der Waals surface area contributed by atoms with Crippen LogP contribution in [0.25, 0.3) is 0 Å². The largest absolute Gasteiger partial charge is 0.320 e. The van der Waals surface area contributed by atoms with Gasteiger partial charge >= 0.3 is 0 Å². The third kappa shape index (κ3) is 2.48. The minimum absolute atomic E-state index is 0.0842. The minimum Gasteiger partial charge on any atom is -0.320 e. The van der Waals surface area contributed by atoms with Crippen molar-refractivity contribution in [3.63, 3.8) is 0 Å². The highest BCUT2D eigenvalue weighted by Gasteiger charge is 2.21. The third-order valence-corrected chi connectivity index (χ3v) is 4.21. The summed E-state index contributed by atoms with van der Waals surface area (Å²) in [5.41, 5.74) is 6.68. The maximum atomic E-state index is 13.8. The molecule has 2 N–H and O–H groups in total. The highest BCUT2D eigenvalue weighted by Crippen LogP contribution is 2.32. The van der Waals surface area contributed by atoms with Gasteiger partial charge in [-0.1, -0.05) is 15.9 Å². The molecule has 96 valence electrons. The lowest BCUT2D eigenvalue weighted by atomic mass is 9.99.